The highest BCUT2D eigenvalue weighted by molar-refractivity contribution is 5.32. The molecule has 1 atom stereocenters. The summed E-state index contributed by atoms with van der Waals surface area (Å²) >= 11 is 0. The summed E-state index contributed by atoms with van der Waals surface area (Å²) in [6, 6.07) is 13.0. The zero-order valence-electron chi connectivity index (χ0n) is 16.3. The molecule has 0 amide bonds. The molecule has 0 spiro atoms. The van der Waals surface area contributed by atoms with E-state index in [1.807, 2.05) is 24.3 Å². The molecule has 1 aliphatic rings. The average Bonchev–Trinajstić information content (AvgIpc) is 2.73. The number of aliphatic hydroxyl groups is 1. The molecule has 2 aromatic carbocycles. The van der Waals surface area contributed by atoms with E-state index in [-0.39, 0.29) is 12.6 Å². The fourth-order valence-electron chi connectivity index (χ4n) is 3.64. The molecule has 158 valence electrons. The molecule has 0 aliphatic carbocycles. The van der Waals surface area contributed by atoms with Crippen LogP contribution in [0.5, 0.6) is 5.75 Å². The van der Waals surface area contributed by atoms with Gasteiger partial charge in [-0.05, 0) is 43.1 Å². The third kappa shape index (κ3) is 5.95. The van der Waals surface area contributed by atoms with Crippen LogP contribution in [0, 0.1) is 0 Å². The van der Waals surface area contributed by atoms with E-state index in [1.165, 1.54) is 12.1 Å². The van der Waals surface area contributed by atoms with E-state index in [9.17, 15) is 18.3 Å². The van der Waals surface area contributed by atoms with Gasteiger partial charge in [0.2, 0.25) is 0 Å². The van der Waals surface area contributed by atoms with Crippen LogP contribution in [0.25, 0.3) is 0 Å². The van der Waals surface area contributed by atoms with E-state index in [2.05, 4.69) is 10.2 Å². The van der Waals surface area contributed by atoms with Crippen LogP contribution in [0.15, 0.2) is 48.5 Å². The first-order chi connectivity index (χ1) is 14.0. The van der Waals surface area contributed by atoms with Gasteiger partial charge in [0.15, 0.2) is 0 Å². The fourth-order valence-corrected chi connectivity index (χ4v) is 3.64. The third-order valence-electron chi connectivity index (χ3n) is 5.19. The second kappa shape index (κ2) is 10.1. The zero-order chi connectivity index (χ0) is 20.7. The first-order valence-corrected chi connectivity index (χ1v) is 9.92. The minimum atomic E-state index is -4.33. The molecule has 3 rings (SSSR count). The summed E-state index contributed by atoms with van der Waals surface area (Å²) in [4.78, 5) is 2.24. The minimum Gasteiger partial charge on any atom is -0.493 e. The van der Waals surface area contributed by atoms with Crippen LogP contribution in [0.2, 0.25) is 0 Å². The Morgan fingerprint density at radius 2 is 1.93 bits per heavy atom. The molecule has 1 saturated heterocycles. The molecule has 4 nitrogen and oxygen atoms in total. The van der Waals surface area contributed by atoms with E-state index in [4.69, 9.17) is 4.74 Å². The van der Waals surface area contributed by atoms with Gasteiger partial charge in [-0.25, -0.2) is 0 Å². The summed E-state index contributed by atoms with van der Waals surface area (Å²) in [6.07, 6.45) is -2.61. The maximum Gasteiger partial charge on any atom is 0.416 e. The van der Waals surface area contributed by atoms with Crippen molar-refractivity contribution in [3.8, 4) is 5.75 Å². The lowest BCUT2D eigenvalue weighted by molar-refractivity contribution is -0.137. The molecule has 0 aromatic heterocycles. The summed E-state index contributed by atoms with van der Waals surface area (Å²) in [7, 11) is 0. The van der Waals surface area contributed by atoms with Gasteiger partial charge in [0, 0.05) is 31.2 Å². The molecule has 1 fully saturated rings. The normalized spacial score (nSPS) is 18.0. The highest BCUT2D eigenvalue weighted by atomic mass is 19.4. The molecule has 0 bridgehead atoms. The Morgan fingerprint density at radius 1 is 1.10 bits per heavy atom. The van der Waals surface area contributed by atoms with Crippen LogP contribution in [0.3, 0.4) is 0 Å². The lowest BCUT2D eigenvalue weighted by Crippen LogP contribution is -2.46. The van der Waals surface area contributed by atoms with E-state index < -0.39 is 11.7 Å². The largest absolute Gasteiger partial charge is 0.493 e. The monoisotopic (exact) mass is 408 g/mol. The number of nitrogens with zero attached hydrogens (tertiary/aromatic N) is 1. The minimum absolute atomic E-state index is 0.0599. The number of piperazine rings is 1. The second-order valence-electron chi connectivity index (χ2n) is 7.20. The van der Waals surface area contributed by atoms with Crippen molar-refractivity contribution in [3.63, 3.8) is 0 Å². The van der Waals surface area contributed by atoms with Crippen molar-refractivity contribution < 1.29 is 23.0 Å². The number of nitrogens with one attached hydrogen (secondary N) is 1. The predicted octanol–water partition coefficient (Wildman–Crippen LogP) is 4.00. The molecule has 0 saturated carbocycles. The molecule has 2 aromatic rings. The Balaban J connectivity index is 1.53. The summed E-state index contributed by atoms with van der Waals surface area (Å²) in [5, 5.41) is 12.6. The van der Waals surface area contributed by atoms with Gasteiger partial charge < -0.3 is 15.2 Å². The second-order valence-corrected chi connectivity index (χ2v) is 7.20. The van der Waals surface area contributed by atoms with Crippen molar-refractivity contribution in [3.05, 3.63) is 65.2 Å². The Bertz CT molecular complexity index is 783. The number of hydrogen-bond donors (Lipinski definition) is 2. The van der Waals surface area contributed by atoms with Crippen LogP contribution in [0.4, 0.5) is 13.2 Å². The van der Waals surface area contributed by atoms with Gasteiger partial charge >= 0.3 is 6.18 Å². The number of para-hydroxylation sites is 1. The van der Waals surface area contributed by atoms with Crippen LogP contribution >= 0.6 is 0 Å². The van der Waals surface area contributed by atoms with Crippen LogP contribution in [-0.2, 0) is 12.8 Å². The number of unbranched alkanes of at least 4 members (excludes halogenated alkanes) is 1. The first kappa shape index (κ1) is 21.6. The van der Waals surface area contributed by atoms with Gasteiger partial charge in [-0.15, -0.1) is 0 Å². The molecular weight excluding hydrogens is 381 g/mol. The molecular formula is C22H27F3N2O2. The highest BCUT2D eigenvalue weighted by Crippen LogP contribution is 2.32. The van der Waals surface area contributed by atoms with Gasteiger partial charge in [0.25, 0.3) is 0 Å². The smallest absolute Gasteiger partial charge is 0.416 e. The van der Waals surface area contributed by atoms with E-state index >= 15 is 0 Å². The number of halogens is 3. The molecule has 1 unspecified atom stereocenters. The van der Waals surface area contributed by atoms with Crippen molar-refractivity contribution in [2.75, 3.05) is 32.8 Å². The van der Waals surface area contributed by atoms with E-state index in [0.29, 0.717) is 24.5 Å². The third-order valence-corrected chi connectivity index (χ3v) is 5.19. The van der Waals surface area contributed by atoms with E-state index in [1.54, 1.807) is 6.07 Å². The van der Waals surface area contributed by atoms with Gasteiger partial charge in [-0.3, -0.25) is 4.90 Å². The fraction of sp³-hybridized carbons (Fsp3) is 0.455. The molecule has 7 heteroatoms. The lowest BCUT2D eigenvalue weighted by Gasteiger charge is -2.36. The predicted molar refractivity (Wildman–Crippen MR) is 106 cm³/mol. The molecule has 0 radical (unpaired) electrons. The topological polar surface area (TPSA) is 44.7 Å². The zero-order valence-corrected chi connectivity index (χ0v) is 16.3. The molecule has 2 N–H and O–H groups in total. The Kier molecular flexibility index (Phi) is 7.52. The summed E-state index contributed by atoms with van der Waals surface area (Å²) in [5.74, 6) is 0.694. The van der Waals surface area contributed by atoms with Crippen LogP contribution < -0.4 is 10.1 Å². The maximum absolute atomic E-state index is 13.1. The van der Waals surface area contributed by atoms with Crippen molar-refractivity contribution >= 4 is 0 Å². The Morgan fingerprint density at radius 3 is 2.72 bits per heavy atom. The van der Waals surface area contributed by atoms with Gasteiger partial charge in [0.1, 0.15) is 5.75 Å². The number of benzene rings is 2. The SMILES string of the molecule is OCc1ccccc1OCCCCN1CCNCC1c1cccc(C(F)(F)F)c1. The summed E-state index contributed by atoms with van der Waals surface area (Å²) in [6.45, 7) is 3.55. The summed E-state index contributed by atoms with van der Waals surface area (Å²) < 4.78 is 44.9. The van der Waals surface area contributed by atoms with Crippen molar-refractivity contribution in [2.45, 2.75) is 31.7 Å². The lowest BCUT2D eigenvalue weighted by atomic mass is 10.00. The molecule has 1 aliphatic heterocycles. The number of ether oxygens (including phenoxy) is 1. The van der Waals surface area contributed by atoms with Crippen LogP contribution in [-0.4, -0.2) is 42.8 Å². The Hall–Kier alpha value is -2.09. The van der Waals surface area contributed by atoms with E-state index in [0.717, 1.165) is 44.1 Å². The number of rotatable bonds is 8. The number of alkyl halides is 3. The van der Waals surface area contributed by atoms with Crippen molar-refractivity contribution in [1.82, 2.24) is 10.2 Å². The van der Waals surface area contributed by atoms with Crippen molar-refractivity contribution in [1.29, 1.82) is 0 Å². The quantitative estimate of drug-likeness (QED) is 0.648. The van der Waals surface area contributed by atoms with Crippen molar-refractivity contribution in [2.24, 2.45) is 0 Å². The van der Waals surface area contributed by atoms with Gasteiger partial charge in [-0.1, -0.05) is 30.3 Å². The van der Waals surface area contributed by atoms with Gasteiger partial charge in [0.05, 0.1) is 18.8 Å². The number of hydrogen-bond acceptors (Lipinski definition) is 4. The first-order valence-electron chi connectivity index (χ1n) is 9.92. The number of aliphatic hydroxyl groups excluding tert-OH is 1. The summed E-state index contributed by atoms with van der Waals surface area (Å²) in [5.41, 5.74) is 0.857. The molecule has 29 heavy (non-hydrogen) atoms. The van der Waals surface area contributed by atoms with Gasteiger partial charge in [-0.2, -0.15) is 13.2 Å². The Labute approximate surface area is 169 Å². The maximum atomic E-state index is 13.1. The highest BCUT2D eigenvalue weighted by Gasteiger charge is 2.32. The average molecular weight is 408 g/mol. The van der Waals surface area contributed by atoms with Crippen LogP contribution in [0.1, 0.15) is 35.6 Å². The molecule has 1 heterocycles. The standard InChI is InChI=1S/C22H27F3N2O2/c23-22(24,25)19-8-5-7-17(14-19)20-15-26-10-12-27(20)11-3-4-13-29-21-9-2-1-6-18(21)16-28/h1-2,5-9,14,20,26,28H,3-4,10-13,15-16H2.